The van der Waals surface area contributed by atoms with Crippen LogP contribution in [0.5, 0.6) is 5.75 Å². The zero-order chi connectivity index (χ0) is 15.4. The van der Waals surface area contributed by atoms with Gasteiger partial charge < -0.3 is 10.1 Å². The van der Waals surface area contributed by atoms with Gasteiger partial charge in [0.15, 0.2) is 17.7 Å². The predicted octanol–water partition coefficient (Wildman–Crippen LogP) is 3.07. The average Bonchev–Trinajstić information content (AvgIpc) is 2.41. The third kappa shape index (κ3) is 3.98. The molecule has 0 unspecified atom stereocenters. The molecule has 0 spiro atoms. The van der Waals surface area contributed by atoms with Crippen LogP contribution in [0, 0.1) is 18.6 Å². The molecule has 0 bridgehead atoms. The summed E-state index contributed by atoms with van der Waals surface area (Å²) in [6, 6.07) is 6.39. The lowest BCUT2D eigenvalue weighted by Gasteiger charge is -2.15. The Bertz CT molecular complexity index is 662. The predicted molar refractivity (Wildman–Crippen MR) is 74.1 cm³/mol. The van der Waals surface area contributed by atoms with Crippen LogP contribution in [0.1, 0.15) is 12.5 Å². The standard InChI is InChI=1S/C15H14F2N2O2/c1-9-5-6-18-14(7-9)19-15(20)10(2)21-13-4-3-11(16)8-12(13)17/h3-8,10H,1-2H3,(H,18,19,20)/t10-/m1/s1. The third-order valence-corrected chi connectivity index (χ3v) is 2.73. The highest BCUT2D eigenvalue weighted by Gasteiger charge is 2.17. The lowest BCUT2D eigenvalue weighted by atomic mass is 10.3. The minimum Gasteiger partial charge on any atom is -0.478 e. The Morgan fingerprint density at radius 2 is 2.05 bits per heavy atom. The SMILES string of the molecule is Cc1ccnc(NC(=O)[C@@H](C)Oc2ccc(F)cc2F)c1. The first-order chi connectivity index (χ1) is 9.95. The molecule has 1 N–H and O–H groups in total. The third-order valence-electron chi connectivity index (χ3n) is 2.73. The van der Waals surface area contributed by atoms with E-state index in [1.807, 2.05) is 6.92 Å². The topological polar surface area (TPSA) is 51.2 Å². The molecule has 0 aliphatic carbocycles. The minimum atomic E-state index is -0.952. The Balaban J connectivity index is 2.02. The fourth-order valence-corrected chi connectivity index (χ4v) is 1.65. The van der Waals surface area contributed by atoms with Crippen molar-refractivity contribution in [3.8, 4) is 5.75 Å². The molecule has 1 amide bonds. The van der Waals surface area contributed by atoms with Gasteiger partial charge in [0.05, 0.1) is 0 Å². The molecule has 0 saturated heterocycles. The number of hydrogen-bond acceptors (Lipinski definition) is 3. The van der Waals surface area contributed by atoms with Gasteiger partial charge in [-0.05, 0) is 43.7 Å². The minimum absolute atomic E-state index is 0.184. The molecule has 2 aromatic rings. The van der Waals surface area contributed by atoms with E-state index < -0.39 is 23.6 Å². The Kier molecular flexibility index (Phi) is 4.47. The van der Waals surface area contributed by atoms with Crippen LogP contribution in [-0.4, -0.2) is 17.0 Å². The number of rotatable bonds is 4. The number of halogens is 2. The van der Waals surface area contributed by atoms with Crippen molar-refractivity contribution >= 4 is 11.7 Å². The maximum absolute atomic E-state index is 13.4. The summed E-state index contributed by atoms with van der Waals surface area (Å²) in [5.41, 5.74) is 0.943. The van der Waals surface area contributed by atoms with Crippen molar-refractivity contribution in [3.05, 3.63) is 53.7 Å². The monoisotopic (exact) mass is 292 g/mol. The van der Waals surface area contributed by atoms with Crippen LogP contribution in [0.2, 0.25) is 0 Å². The van der Waals surface area contributed by atoms with Gasteiger partial charge in [-0.3, -0.25) is 4.79 Å². The second-order valence-corrected chi connectivity index (χ2v) is 4.54. The Labute approximate surface area is 120 Å². The molecular formula is C15H14F2N2O2. The van der Waals surface area contributed by atoms with Crippen LogP contribution in [0.4, 0.5) is 14.6 Å². The lowest BCUT2D eigenvalue weighted by Crippen LogP contribution is -2.30. The number of nitrogens with one attached hydrogen (secondary N) is 1. The van der Waals surface area contributed by atoms with Crippen molar-refractivity contribution in [2.45, 2.75) is 20.0 Å². The summed E-state index contributed by atoms with van der Waals surface area (Å²) in [6.45, 7) is 3.33. The van der Waals surface area contributed by atoms with E-state index in [2.05, 4.69) is 10.3 Å². The van der Waals surface area contributed by atoms with Gasteiger partial charge in [0, 0.05) is 12.3 Å². The van der Waals surface area contributed by atoms with Gasteiger partial charge in [-0.1, -0.05) is 0 Å². The van der Waals surface area contributed by atoms with Gasteiger partial charge in [0.25, 0.3) is 5.91 Å². The van der Waals surface area contributed by atoms with E-state index in [1.165, 1.54) is 6.92 Å². The zero-order valence-electron chi connectivity index (χ0n) is 11.6. The highest BCUT2D eigenvalue weighted by Crippen LogP contribution is 2.19. The van der Waals surface area contributed by atoms with Crippen LogP contribution in [-0.2, 0) is 4.79 Å². The number of aromatic nitrogens is 1. The van der Waals surface area contributed by atoms with Crippen LogP contribution in [0.3, 0.4) is 0 Å². The second-order valence-electron chi connectivity index (χ2n) is 4.54. The number of aryl methyl sites for hydroxylation is 1. The smallest absolute Gasteiger partial charge is 0.266 e. The van der Waals surface area contributed by atoms with E-state index in [4.69, 9.17) is 4.74 Å². The van der Waals surface area contributed by atoms with Crippen LogP contribution in [0.15, 0.2) is 36.5 Å². The summed E-state index contributed by atoms with van der Waals surface area (Å²) in [7, 11) is 0. The Hall–Kier alpha value is -2.50. The molecule has 21 heavy (non-hydrogen) atoms. The molecular weight excluding hydrogens is 278 g/mol. The number of ether oxygens (including phenoxy) is 1. The van der Waals surface area contributed by atoms with Crippen LogP contribution < -0.4 is 10.1 Å². The molecule has 2 rings (SSSR count). The molecule has 1 atom stereocenters. The summed E-state index contributed by atoms with van der Waals surface area (Å²) in [5.74, 6) is -1.84. The number of carbonyl (C=O) groups excluding carboxylic acids is 1. The van der Waals surface area contributed by atoms with E-state index in [1.54, 1.807) is 18.3 Å². The van der Waals surface area contributed by atoms with Gasteiger partial charge in [-0.2, -0.15) is 0 Å². The first-order valence-electron chi connectivity index (χ1n) is 6.31. The Morgan fingerprint density at radius 3 is 2.71 bits per heavy atom. The molecule has 1 aromatic carbocycles. The maximum atomic E-state index is 13.4. The number of pyridine rings is 1. The molecule has 0 saturated carbocycles. The molecule has 1 aromatic heterocycles. The van der Waals surface area contributed by atoms with Crippen molar-refractivity contribution in [2.24, 2.45) is 0 Å². The van der Waals surface area contributed by atoms with E-state index in [0.717, 1.165) is 17.7 Å². The average molecular weight is 292 g/mol. The second kappa shape index (κ2) is 6.30. The molecule has 0 fully saturated rings. The van der Waals surface area contributed by atoms with E-state index in [9.17, 15) is 13.6 Å². The summed E-state index contributed by atoms with van der Waals surface area (Å²) in [6.07, 6.45) is 0.614. The van der Waals surface area contributed by atoms with Crippen molar-refractivity contribution in [2.75, 3.05) is 5.32 Å². The lowest BCUT2D eigenvalue weighted by molar-refractivity contribution is -0.122. The quantitative estimate of drug-likeness (QED) is 0.942. The van der Waals surface area contributed by atoms with Crippen LogP contribution in [0.25, 0.3) is 0 Å². The largest absolute Gasteiger partial charge is 0.478 e. The highest BCUT2D eigenvalue weighted by atomic mass is 19.1. The van der Waals surface area contributed by atoms with E-state index >= 15 is 0 Å². The number of benzene rings is 1. The van der Waals surface area contributed by atoms with Crippen molar-refractivity contribution in [1.82, 2.24) is 4.98 Å². The van der Waals surface area contributed by atoms with Crippen molar-refractivity contribution in [1.29, 1.82) is 0 Å². The Morgan fingerprint density at radius 1 is 1.29 bits per heavy atom. The number of carbonyl (C=O) groups is 1. The number of nitrogens with zero attached hydrogens (tertiary/aromatic N) is 1. The molecule has 0 radical (unpaired) electrons. The molecule has 1 heterocycles. The van der Waals surface area contributed by atoms with Gasteiger partial charge in [0.2, 0.25) is 0 Å². The molecule has 110 valence electrons. The molecule has 4 nitrogen and oxygen atoms in total. The van der Waals surface area contributed by atoms with Gasteiger partial charge in [0.1, 0.15) is 11.6 Å². The number of anilines is 1. The van der Waals surface area contributed by atoms with Crippen molar-refractivity contribution in [3.63, 3.8) is 0 Å². The highest BCUT2D eigenvalue weighted by molar-refractivity contribution is 5.93. The van der Waals surface area contributed by atoms with Gasteiger partial charge in [-0.15, -0.1) is 0 Å². The number of amides is 1. The maximum Gasteiger partial charge on any atom is 0.266 e. The van der Waals surface area contributed by atoms with Gasteiger partial charge in [-0.25, -0.2) is 13.8 Å². The van der Waals surface area contributed by atoms with Crippen LogP contribution >= 0.6 is 0 Å². The fraction of sp³-hybridized carbons (Fsp3) is 0.200. The van der Waals surface area contributed by atoms with Gasteiger partial charge >= 0.3 is 0 Å². The number of hydrogen-bond donors (Lipinski definition) is 1. The molecule has 0 aliphatic rings. The normalized spacial score (nSPS) is 11.8. The fourth-order valence-electron chi connectivity index (χ4n) is 1.65. The van der Waals surface area contributed by atoms with E-state index in [0.29, 0.717) is 11.9 Å². The first kappa shape index (κ1) is 14.9. The summed E-state index contributed by atoms with van der Waals surface area (Å²) in [4.78, 5) is 15.9. The van der Waals surface area contributed by atoms with Crippen molar-refractivity contribution < 1.29 is 18.3 Å². The summed E-state index contributed by atoms with van der Waals surface area (Å²) in [5, 5.41) is 2.56. The molecule has 0 aliphatic heterocycles. The van der Waals surface area contributed by atoms with E-state index in [-0.39, 0.29) is 5.75 Å². The zero-order valence-corrected chi connectivity index (χ0v) is 11.6. The summed E-state index contributed by atoms with van der Waals surface area (Å²) >= 11 is 0. The summed E-state index contributed by atoms with van der Waals surface area (Å²) < 4.78 is 31.4. The molecule has 6 heteroatoms. The first-order valence-corrected chi connectivity index (χ1v) is 6.31.